The number of rotatable bonds is 13. The molecule has 10 nitrogen and oxygen atoms in total. The Hall–Kier alpha value is -6.21. The molecule has 0 spiro atoms. The number of β-lactam (4-membered cyclic amide) rings is 1. The molecular weight excluding hydrogens is 790 g/mol. The first-order valence-electron chi connectivity index (χ1n) is 18.4. The number of amides is 2. The molecule has 13 heteroatoms. The Bertz CT molecular complexity index is 2330. The Kier molecular flexibility index (Phi) is 11.4. The first-order chi connectivity index (χ1) is 28.4. The molecule has 2 aliphatic heterocycles. The molecule has 5 aromatic carbocycles. The Morgan fingerprint density at radius 1 is 0.810 bits per heavy atom. The third-order valence-electron chi connectivity index (χ3n) is 9.89. The second kappa shape index (κ2) is 17.1. The predicted molar refractivity (Wildman–Crippen MR) is 227 cm³/mol. The van der Waals surface area contributed by atoms with Gasteiger partial charge >= 0.3 is 5.97 Å². The van der Waals surface area contributed by atoms with Crippen molar-refractivity contribution in [3.63, 3.8) is 0 Å². The molecule has 2 amide bonds. The normalized spacial score (nSPS) is 16.6. The van der Waals surface area contributed by atoms with E-state index in [1.54, 1.807) is 5.38 Å². The maximum Gasteiger partial charge on any atom is 0.357 e. The monoisotopic (exact) mass is 825 g/mol. The number of esters is 1. The van der Waals surface area contributed by atoms with Gasteiger partial charge in [-0.2, -0.15) is 0 Å². The van der Waals surface area contributed by atoms with Crippen LogP contribution in [0.1, 0.15) is 39.6 Å². The smallest absolute Gasteiger partial charge is 0.357 e. The first-order valence-corrected chi connectivity index (χ1v) is 20.7. The van der Waals surface area contributed by atoms with Crippen molar-refractivity contribution >= 4 is 63.3 Å². The van der Waals surface area contributed by atoms with Crippen molar-refractivity contribution in [2.75, 3.05) is 18.2 Å². The summed E-state index contributed by atoms with van der Waals surface area (Å²) in [4.78, 5) is 52.9. The van der Waals surface area contributed by atoms with Crippen LogP contribution >= 0.6 is 34.7 Å². The maximum absolute atomic E-state index is 14.0. The number of oxime groups is 1. The number of halogens is 1. The summed E-state index contributed by atoms with van der Waals surface area (Å²) >= 11 is 9.27. The van der Waals surface area contributed by atoms with E-state index in [-0.39, 0.29) is 27.9 Å². The fourth-order valence-corrected chi connectivity index (χ4v) is 9.50. The largest absolute Gasteiger partial charge is 0.448 e. The molecular formula is C45H36ClN5O5S2. The van der Waals surface area contributed by atoms with Gasteiger partial charge in [-0.1, -0.05) is 168 Å². The van der Waals surface area contributed by atoms with E-state index in [0.717, 1.165) is 27.8 Å². The number of thiazole rings is 1. The molecule has 2 aliphatic rings. The molecule has 2 atom stereocenters. The molecule has 290 valence electrons. The number of carbonyl (C=O) groups is 3. The van der Waals surface area contributed by atoms with Gasteiger partial charge in [-0.05, 0) is 27.8 Å². The second-order valence-electron chi connectivity index (χ2n) is 13.4. The van der Waals surface area contributed by atoms with Crippen LogP contribution in [0.25, 0.3) is 0 Å². The van der Waals surface area contributed by atoms with Crippen LogP contribution in [-0.2, 0) is 29.5 Å². The second-order valence-corrected chi connectivity index (χ2v) is 15.8. The molecule has 0 radical (unpaired) electrons. The highest BCUT2D eigenvalue weighted by Crippen LogP contribution is 2.43. The number of carbonyl (C=O) groups excluding carboxylic acids is 3. The highest BCUT2D eigenvalue weighted by molar-refractivity contribution is 8.00. The lowest BCUT2D eigenvalue weighted by atomic mass is 9.77. The number of hydrogen-bond donors (Lipinski definition) is 2. The highest BCUT2D eigenvalue weighted by atomic mass is 35.5. The van der Waals surface area contributed by atoms with Crippen molar-refractivity contribution in [2.24, 2.45) is 5.16 Å². The van der Waals surface area contributed by atoms with Gasteiger partial charge in [-0.25, -0.2) is 9.78 Å². The lowest BCUT2D eigenvalue weighted by molar-refractivity contribution is -0.154. The van der Waals surface area contributed by atoms with Crippen molar-refractivity contribution < 1.29 is 24.0 Å². The van der Waals surface area contributed by atoms with Gasteiger partial charge in [0.2, 0.25) is 0 Å². The average molecular weight is 826 g/mol. The number of ether oxygens (including phenoxy) is 1. The summed E-state index contributed by atoms with van der Waals surface area (Å²) in [7, 11) is 1.33. The molecule has 1 fully saturated rings. The molecule has 0 saturated carbocycles. The predicted octanol–water partition coefficient (Wildman–Crippen LogP) is 8.08. The van der Waals surface area contributed by atoms with Crippen LogP contribution in [0, 0.1) is 0 Å². The molecule has 2 N–H and O–H groups in total. The zero-order valence-corrected chi connectivity index (χ0v) is 33.4. The van der Waals surface area contributed by atoms with Crippen molar-refractivity contribution in [2.45, 2.75) is 23.1 Å². The van der Waals surface area contributed by atoms with Crippen LogP contribution in [0.2, 0.25) is 0 Å². The SMILES string of the molecule is CO/N=C(\C(=O)N[C@@H]1C(=O)N2C(C(=O)OC(c3ccccc3)c3ccccc3)=C(Cl)CS[C@H]12)c1csc(NC(c2ccccc2)(c2ccccc2)c2ccccc2)n1. The number of anilines is 1. The Morgan fingerprint density at radius 3 is 1.81 bits per heavy atom. The summed E-state index contributed by atoms with van der Waals surface area (Å²) in [6.45, 7) is 0. The quantitative estimate of drug-likeness (QED) is 0.0394. The molecule has 8 rings (SSSR count). The van der Waals surface area contributed by atoms with Gasteiger partial charge in [0.05, 0.1) is 5.03 Å². The van der Waals surface area contributed by atoms with E-state index in [4.69, 9.17) is 26.2 Å². The van der Waals surface area contributed by atoms with E-state index >= 15 is 0 Å². The van der Waals surface area contributed by atoms with E-state index in [9.17, 15) is 14.4 Å². The fourth-order valence-electron chi connectivity index (χ4n) is 7.21. The Morgan fingerprint density at radius 2 is 1.31 bits per heavy atom. The standard InChI is InChI=1S/C45H36ClN5O5S2/c1-55-50-36(35-28-58-44(47-35)49-45(31-21-11-4-12-22-31,32-23-13-5-14-24-32)33-25-15-6-16-26-33)40(52)48-37-41(53)51-38(34(46)27-57-42(37)51)43(54)56-39(29-17-7-2-8-18-29)30-19-9-3-10-20-30/h2-26,28,37,39,42H,27H2,1H3,(H,47,49)(H,48,52)/b50-36-/t37-,42-/m1/s1. The summed E-state index contributed by atoms with van der Waals surface area (Å²) in [5.74, 6) is -1.69. The third-order valence-corrected chi connectivity index (χ3v) is 12.4. The number of nitrogens with zero attached hydrogens (tertiary/aromatic N) is 3. The molecule has 1 aromatic heterocycles. The van der Waals surface area contributed by atoms with E-state index in [2.05, 4.69) is 52.2 Å². The summed E-state index contributed by atoms with van der Waals surface area (Å²) < 4.78 is 6.08. The van der Waals surface area contributed by atoms with E-state index in [1.165, 1.54) is 35.1 Å². The van der Waals surface area contributed by atoms with E-state index < -0.39 is 40.8 Å². The van der Waals surface area contributed by atoms with Crippen molar-refractivity contribution in [1.29, 1.82) is 0 Å². The first kappa shape index (κ1) is 38.7. The fraction of sp³-hybridized carbons (Fsp3) is 0.133. The number of hydrogen-bond acceptors (Lipinski definition) is 10. The molecule has 0 bridgehead atoms. The third kappa shape index (κ3) is 7.49. The summed E-state index contributed by atoms with van der Waals surface area (Å²) in [5, 5.41) is 12.4. The van der Waals surface area contributed by atoms with Gasteiger partial charge in [0.25, 0.3) is 11.8 Å². The summed E-state index contributed by atoms with van der Waals surface area (Å²) in [5.41, 5.74) is 3.71. The molecule has 3 heterocycles. The van der Waals surface area contributed by atoms with Gasteiger partial charge in [0, 0.05) is 11.1 Å². The Balaban J connectivity index is 1.02. The molecule has 6 aromatic rings. The van der Waals surface area contributed by atoms with Crippen LogP contribution < -0.4 is 10.6 Å². The van der Waals surface area contributed by atoms with Crippen LogP contribution in [0.15, 0.2) is 173 Å². The lowest BCUT2D eigenvalue weighted by Crippen LogP contribution is -2.71. The van der Waals surface area contributed by atoms with E-state index in [0.29, 0.717) is 5.13 Å². The maximum atomic E-state index is 14.0. The molecule has 0 unspecified atom stereocenters. The lowest BCUT2D eigenvalue weighted by Gasteiger charge is -2.49. The van der Waals surface area contributed by atoms with Crippen LogP contribution in [0.3, 0.4) is 0 Å². The van der Waals surface area contributed by atoms with Crippen molar-refractivity contribution in [3.8, 4) is 0 Å². The summed E-state index contributed by atoms with van der Waals surface area (Å²) in [6, 6.07) is 48.0. The van der Waals surface area contributed by atoms with Gasteiger partial charge < -0.3 is 20.2 Å². The van der Waals surface area contributed by atoms with Crippen LogP contribution in [0.5, 0.6) is 0 Å². The zero-order valence-electron chi connectivity index (χ0n) is 31.0. The molecule has 58 heavy (non-hydrogen) atoms. The number of fused-ring (bicyclic) bond motifs is 1. The Labute approximate surface area is 348 Å². The van der Waals surface area contributed by atoms with Gasteiger partial charge in [0.1, 0.15) is 35.5 Å². The van der Waals surface area contributed by atoms with Crippen molar-refractivity contribution in [3.05, 3.63) is 201 Å². The van der Waals surface area contributed by atoms with Crippen molar-refractivity contribution in [1.82, 2.24) is 15.2 Å². The minimum absolute atomic E-state index is 0.0440. The number of aromatic nitrogens is 1. The number of nitrogens with one attached hydrogen (secondary N) is 2. The average Bonchev–Trinajstić information content (AvgIpc) is 3.74. The van der Waals surface area contributed by atoms with Gasteiger partial charge in [-0.3, -0.25) is 14.5 Å². The minimum Gasteiger partial charge on any atom is -0.448 e. The number of thioether (sulfide) groups is 1. The van der Waals surface area contributed by atoms with E-state index in [1.807, 2.05) is 115 Å². The highest BCUT2D eigenvalue weighted by Gasteiger charge is 2.55. The summed E-state index contributed by atoms with van der Waals surface area (Å²) in [6.07, 6.45) is -0.740. The molecule has 1 saturated heterocycles. The topological polar surface area (TPSA) is 122 Å². The van der Waals surface area contributed by atoms with Gasteiger partial charge in [-0.15, -0.1) is 23.1 Å². The van der Waals surface area contributed by atoms with Gasteiger partial charge in [0.15, 0.2) is 16.9 Å². The minimum atomic E-state index is -0.982. The number of benzene rings is 5. The zero-order chi connectivity index (χ0) is 40.1. The van der Waals surface area contributed by atoms with Crippen LogP contribution in [-0.4, -0.2) is 57.7 Å². The van der Waals surface area contributed by atoms with Crippen LogP contribution in [0.4, 0.5) is 5.13 Å². The molecule has 0 aliphatic carbocycles.